The molecule has 2 heterocycles. The lowest BCUT2D eigenvalue weighted by molar-refractivity contribution is 0.372. The predicted octanol–water partition coefficient (Wildman–Crippen LogP) is 1.19. The third kappa shape index (κ3) is 3.26. The molecule has 1 saturated heterocycles. The molecule has 0 saturated carbocycles. The molecule has 2 rings (SSSR count). The molecule has 0 unspecified atom stereocenters. The lowest BCUT2D eigenvalue weighted by Crippen LogP contribution is -2.28. The summed E-state index contributed by atoms with van der Waals surface area (Å²) in [5.74, 6) is 0.836. The molecule has 1 aromatic heterocycles. The lowest BCUT2D eigenvalue weighted by atomic mass is 9.95. The summed E-state index contributed by atoms with van der Waals surface area (Å²) >= 11 is 1.84. The molecule has 1 aliphatic heterocycles. The zero-order valence-electron chi connectivity index (χ0n) is 9.04. The van der Waals surface area contributed by atoms with Crippen LogP contribution in [0.2, 0.25) is 0 Å². The Morgan fingerprint density at radius 2 is 2.27 bits per heavy atom. The number of thiazole rings is 1. The number of rotatable bonds is 4. The van der Waals surface area contributed by atoms with Crippen molar-refractivity contribution in [2.24, 2.45) is 11.7 Å². The quantitative estimate of drug-likeness (QED) is 0.809. The summed E-state index contributed by atoms with van der Waals surface area (Å²) in [6.45, 7) is 3.08. The molecule has 3 N–H and O–H groups in total. The monoisotopic (exact) mass is 225 g/mol. The highest BCUT2D eigenvalue weighted by Gasteiger charge is 2.15. The fourth-order valence-electron chi connectivity index (χ4n) is 2.03. The Hall–Kier alpha value is -0.450. The molecule has 1 fully saturated rings. The standard InChI is InChI=1S/C11H19N3S/c12-4-1-10-8-14-11(15-10)7-9-2-5-13-6-3-9/h8-9,13H,1-7,12H2. The Balaban J connectivity index is 1.86. The first-order valence-electron chi connectivity index (χ1n) is 5.73. The molecule has 0 radical (unpaired) electrons. The normalized spacial score (nSPS) is 18.2. The number of nitrogens with one attached hydrogen (secondary N) is 1. The van der Waals surface area contributed by atoms with Gasteiger partial charge in [0.1, 0.15) is 0 Å². The SMILES string of the molecule is NCCc1cnc(CC2CCNCC2)s1. The maximum Gasteiger partial charge on any atom is 0.0930 e. The molecule has 4 heteroatoms. The molecular weight excluding hydrogens is 206 g/mol. The molecule has 84 valence electrons. The van der Waals surface area contributed by atoms with Crippen LogP contribution in [-0.4, -0.2) is 24.6 Å². The first kappa shape index (κ1) is 11.0. The van der Waals surface area contributed by atoms with Crippen LogP contribution in [0.1, 0.15) is 22.7 Å². The van der Waals surface area contributed by atoms with Gasteiger partial charge in [-0.3, -0.25) is 0 Å². The molecule has 0 aliphatic carbocycles. The fraction of sp³-hybridized carbons (Fsp3) is 0.727. The Bertz CT molecular complexity index is 292. The third-order valence-corrected chi connectivity index (χ3v) is 3.99. The van der Waals surface area contributed by atoms with Crippen molar-refractivity contribution in [1.29, 1.82) is 0 Å². The van der Waals surface area contributed by atoms with Crippen molar-refractivity contribution < 1.29 is 0 Å². The maximum atomic E-state index is 5.52. The van der Waals surface area contributed by atoms with E-state index < -0.39 is 0 Å². The van der Waals surface area contributed by atoms with Gasteiger partial charge in [0.25, 0.3) is 0 Å². The van der Waals surface area contributed by atoms with E-state index in [2.05, 4.69) is 10.3 Å². The van der Waals surface area contributed by atoms with Crippen molar-refractivity contribution in [2.45, 2.75) is 25.7 Å². The minimum absolute atomic E-state index is 0.731. The summed E-state index contributed by atoms with van der Waals surface area (Å²) in [5.41, 5.74) is 5.52. The molecular formula is C11H19N3S. The van der Waals surface area contributed by atoms with E-state index in [1.165, 1.54) is 35.8 Å². The van der Waals surface area contributed by atoms with Gasteiger partial charge in [0, 0.05) is 17.5 Å². The average Bonchev–Trinajstić information content (AvgIpc) is 2.68. The van der Waals surface area contributed by atoms with Crippen molar-refractivity contribution in [3.8, 4) is 0 Å². The van der Waals surface area contributed by atoms with E-state index in [0.717, 1.165) is 25.3 Å². The minimum atomic E-state index is 0.731. The second kappa shape index (κ2) is 5.58. The number of piperidine rings is 1. The molecule has 3 nitrogen and oxygen atoms in total. The Morgan fingerprint density at radius 3 is 3.00 bits per heavy atom. The van der Waals surface area contributed by atoms with Crippen LogP contribution < -0.4 is 11.1 Å². The highest BCUT2D eigenvalue weighted by atomic mass is 32.1. The van der Waals surface area contributed by atoms with Crippen LogP contribution in [-0.2, 0) is 12.8 Å². The van der Waals surface area contributed by atoms with E-state index in [1.807, 2.05) is 17.5 Å². The van der Waals surface area contributed by atoms with Crippen LogP contribution in [0.3, 0.4) is 0 Å². The first-order chi connectivity index (χ1) is 7.38. The van der Waals surface area contributed by atoms with Gasteiger partial charge in [0.2, 0.25) is 0 Å². The fourth-order valence-corrected chi connectivity index (χ4v) is 3.09. The third-order valence-electron chi connectivity index (χ3n) is 2.91. The lowest BCUT2D eigenvalue weighted by Gasteiger charge is -2.21. The van der Waals surface area contributed by atoms with E-state index in [9.17, 15) is 0 Å². The maximum absolute atomic E-state index is 5.52. The van der Waals surface area contributed by atoms with Gasteiger partial charge >= 0.3 is 0 Å². The smallest absolute Gasteiger partial charge is 0.0930 e. The van der Waals surface area contributed by atoms with Crippen molar-refractivity contribution in [3.63, 3.8) is 0 Å². The Morgan fingerprint density at radius 1 is 1.47 bits per heavy atom. The zero-order valence-corrected chi connectivity index (χ0v) is 9.85. The van der Waals surface area contributed by atoms with Crippen molar-refractivity contribution in [3.05, 3.63) is 16.1 Å². The van der Waals surface area contributed by atoms with Crippen LogP contribution in [0.5, 0.6) is 0 Å². The van der Waals surface area contributed by atoms with Gasteiger partial charge in [0.15, 0.2) is 0 Å². The second-order valence-corrected chi connectivity index (χ2v) is 5.36. The number of nitrogens with two attached hydrogens (primary N) is 1. The number of aromatic nitrogens is 1. The summed E-state index contributed by atoms with van der Waals surface area (Å²) in [7, 11) is 0. The van der Waals surface area contributed by atoms with E-state index >= 15 is 0 Å². The molecule has 0 aromatic carbocycles. The Kier molecular flexibility index (Phi) is 4.11. The van der Waals surface area contributed by atoms with Crippen LogP contribution >= 0.6 is 11.3 Å². The van der Waals surface area contributed by atoms with Crippen LogP contribution in [0, 0.1) is 5.92 Å². The van der Waals surface area contributed by atoms with Crippen LogP contribution in [0.4, 0.5) is 0 Å². The van der Waals surface area contributed by atoms with Gasteiger partial charge in [0.05, 0.1) is 5.01 Å². The molecule has 0 spiro atoms. The summed E-state index contributed by atoms with van der Waals surface area (Å²) in [5, 5.41) is 4.69. The topological polar surface area (TPSA) is 50.9 Å². The number of hydrogen-bond donors (Lipinski definition) is 2. The summed E-state index contributed by atoms with van der Waals surface area (Å²) in [6, 6.07) is 0. The Labute approximate surface area is 95.1 Å². The highest BCUT2D eigenvalue weighted by Crippen LogP contribution is 2.21. The van der Waals surface area contributed by atoms with Crippen molar-refractivity contribution in [2.75, 3.05) is 19.6 Å². The highest BCUT2D eigenvalue weighted by molar-refractivity contribution is 7.11. The molecule has 0 atom stereocenters. The molecule has 0 bridgehead atoms. The molecule has 15 heavy (non-hydrogen) atoms. The minimum Gasteiger partial charge on any atom is -0.330 e. The molecule has 0 amide bonds. The second-order valence-electron chi connectivity index (χ2n) is 4.16. The zero-order chi connectivity index (χ0) is 10.5. The van der Waals surface area contributed by atoms with Gasteiger partial charge in [-0.15, -0.1) is 11.3 Å². The van der Waals surface area contributed by atoms with Crippen LogP contribution in [0.25, 0.3) is 0 Å². The van der Waals surface area contributed by atoms with Crippen LogP contribution in [0.15, 0.2) is 6.20 Å². The van der Waals surface area contributed by atoms with Gasteiger partial charge in [-0.2, -0.15) is 0 Å². The van der Waals surface area contributed by atoms with E-state index in [-0.39, 0.29) is 0 Å². The van der Waals surface area contributed by atoms with Gasteiger partial charge in [-0.1, -0.05) is 0 Å². The van der Waals surface area contributed by atoms with Gasteiger partial charge < -0.3 is 11.1 Å². The first-order valence-corrected chi connectivity index (χ1v) is 6.54. The number of nitrogens with zero attached hydrogens (tertiary/aromatic N) is 1. The summed E-state index contributed by atoms with van der Waals surface area (Å²) in [6.07, 6.45) is 6.73. The summed E-state index contributed by atoms with van der Waals surface area (Å²) < 4.78 is 0. The van der Waals surface area contributed by atoms with Gasteiger partial charge in [-0.25, -0.2) is 4.98 Å². The summed E-state index contributed by atoms with van der Waals surface area (Å²) in [4.78, 5) is 5.81. The van der Waals surface area contributed by atoms with E-state index in [4.69, 9.17) is 5.73 Å². The van der Waals surface area contributed by atoms with E-state index in [1.54, 1.807) is 0 Å². The average molecular weight is 225 g/mol. The molecule has 1 aliphatic rings. The van der Waals surface area contributed by atoms with Crippen molar-refractivity contribution in [1.82, 2.24) is 10.3 Å². The number of hydrogen-bond acceptors (Lipinski definition) is 4. The van der Waals surface area contributed by atoms with Gasteiger partial charge in [-0.05, 0) is 44.8 Å². The van der Waals surface area contributed by atoms with Crippen molar-refractivity contribution >= 4 is 11.3 Å². The predicted molar refractivity (Wildman–Crippen MR) is 64.2 cm³/mol. The van der Waals surface area contributed by atoms with E-state index in [0.29, 0.717) is 0 Å². The largest absolute Gasteiger partial charge is 0.330 e. The molecule has 1 aromatic rings.